The van der Waals surface area contributed by atoms with E-state index >= 15 is 0 Å². The molecule has 0 aliphatic heterocycles. The average molecular weight is 293 g/mol. The monoisotopic (exact) mass is 293 g/mol. The Hall–Kier alpha value is -2.33. The van der Waals surface area contributed by atoms with Gasteiger partial charge in [0.15, 0.2) is 5.65 Å². The molecule has 0 bridgehead atoms. The number of hydrogen-bond donors (Lipinski definition) is 1. The van der Waals surface area contributed by atoms with Crippen molar-refractivity contribution in [1.29, 1.82) is 0 Å². The van der Waals surface area contributed by atoms with Crippen LogP contribution in [0, 0.1) is 13.8 Å². The van der Waals surface area contributed by atoms with Crippen LogP contribution in [-0.2, 0) is 0 Å². The Balaban J connectivity index is 2.15. The number of hydrogen-bond acceptors (Lipinski definition) is 3. The highest BCUT2D eigenvalue weighted by Crippen LogP contribution is 2.34. The first kappa shape index (κ1) is 12.4. The summed E-state index contributed by atoms with van der Waals surface area (Å²) >= 11 is 1.71. The molecule has 2 N–H and O–H groups in total. The number of anilines is 1. The molecule has 4 rings (SSSR count). The Morgan fingerprint density at radius 3 is 2.76 bits per heavy atom. The standard InChI is InChI=1S/C17H15N3S/c1-10-5-3-4-6-13(10)14-16(18)20-11(2)9-12-7-8-21-15(12)17(20)19-14/h3-9H,18H2,1-2H3. The molecule has 3 heterocycles. The van der Waals surface area contributed by atoms with Crippen molar-refractivity contribution in [2.75, 3.05) is 5.73 Å². The number of nitrogens with two attached hydrogens (primary N) is 1. The van der Waals surface area contributed by atoms with E-state index in [0.29, 0.717) is 5.82 Å². The lowest BCUT2D eigenvalue weighted by Gasteiger charge is -2.05. The Kier molecular flexibility index (Phi) is 2.56. The molecule has 104 valence electrons. The maximum absolute atomic E-state index is 6.41. The second kappa shape index (κ2) is 4.33. The highest BCUT2D eigenvalue weighted by atomic mass is 32.1. The number of aryl methyl sites for hydroxylation is 2. The SMILES string of the molecule is Cc1ccccc1-c1nc2c3sccc3cc(C)n2c1N. The fourth-order valence-corrected chi connectivity index (χ4v) is 3.74. The summed E-state index contributed by atoms with van der Waals surface area (Å²) in [7, 11) is 0. The summed E-state index contributed by atoms with van der Waals surface area (Å²) in [6.45, 7) is 4.16. The maximum atomic E-state index is 6.41. The number of thiophene rings is 1. The average Bonchev–Trinajstić information content (AvgIpc) is 3.04. The topological polar surface area (TPSA) is 43.3 Å². The lowest BCUT2D eigenvalue weighted by Crippen LogP contribution is -1.98. The third-order valence-corrected chi connectivity index (χ3v) is 4.86. The van der Waals surface area contributed by atoms with Gasteiger partial charge in [0.05, 0.1) is 4.70 Å². The number of fused-ring (bicyclic) bond motifs is 3. The zero-order chi connectivity index (χ0) is 14.6. The van der Waals surface area contributed by atoms with E-state index in [9.17, 15) is 0 Å². The van der Waals surface area contributed by atoms with E-state index in [1.807, 2.05) is 12.1 Å². The largest absolute Gasteiger partial charge is 0.383 e. The first-order valence-corrected chi connectivity index (χ1v) is 7.75. The van der Waals surface area contributed by atoms with Gasteiger partial charge in [-0.1, -0.05) is 24.3 Å². The fourth-order valence-electron chi connectivity index (χ4n) is 2.88. The summed E-state index contributed by atoms with van der Waals surface area (Å²) in [6.07, 6.45) is 0. The Morgan fingerprint density at radius 2 is 1.95 bits per heavy atom. The molecule has 0 spiro atoms. The van der Waals surface area contributed by atoms with Crippen molar-refractivity contribution >= 4 is 32.9 Å². The van der Waals surface area contributed by atoms with Crippen molar-refractivity contribution < 1.29 is 0 Å². The number of imidazole rings is 1. The summed E-state index contributed by atoms with van der Waals surface area (Å²) in [5.41, 5.74) is 11.6. The van der Waals surface area contributed by atoms with Gasteiger partial charge in [0.2, 0.25) is 0 Å². The van der Waals surface area contributed by atoms with Gasteiger partial charge in [-0.05, 0) is 42.3 Å². The van der Waals surface area contributed by atoms with Crippen LogP contribution in [0.4, 0.5) is 5.82 Å². The zero-order valence-electron chi connectivity index (χ0n) is 11.9. The number of rotatable bonds is 1. The molecule has 0 radical (unpaired) electrons. The molecule has 21 heavy (non-hydrogen) atoms. The van der Waals surface area contributed by atoms with Gasteiger partial charge < -0.3 is 5.73 Å². The number of aromatic nitrogens is 2. The van der Waals surface area contributed by atoms with Gasteiger partial charge in [0.25, 0.3) is 0 Å². The molecule has 0 amide bonds. The summed E-state index contributed by atoms with van der Waals surface area (Å²) in [5, 5.41) is 3.33. The second-order valence-electron chi connectivity index (χ2n) is 5.31. The van der Waals surface area contributed by atoms with E-state index in [1.54, 1.807) is 11.3 Å². The van der Waals surface area contributed by atoms with Crippen LogP contribution in [0.15, 0.2) is 41.8 Å². The molecule has 0 saturated carbocycles. The minimum absolute atomic E-state index is 0.715. The Morgan fingerprint density at radius 1 is 1.14 bits per heavy atom. The van der Waals surface area contributed by atoms with Crippen molar-refractivity contribution in [3.63, 3.8) is 0 Å². The summed E-state index contributed by atoms with van der Waals surface area (Å²) < 4.78 is 3.24. The molecule has 0 unspecified atom stereocenters. The van der Waals surface area contributed by atoms with E-state index in [2.05, 4.69) is 47.9 Å². The summed E-state index contributed by atoms with van der Waals surface area (Å²) in [4.78, 5) is 4.85. The summed E-state index contributed by atoms with van der Waals surface area (Å²) in [5.74, 6) is 0.715. The minimum Gasteiger partial charge on any atom is -0.383 e. The molecule has 1 aromatic carbocycles. The van der Waals surface area contributed by atoms with E-state index < -0.39 is 0 Å². The highest BCUT2D eigenvalue weighted by Gasteiger charge is 2.16. The van der Waals surface area contributed by atoms with Gasteiger partial charge >= 0.3 is 0 Å². The molecule has 0 aliphatic rings. The van der Waals surface area contributed by atoms with Crippen molar-refractivity contribution in [3.05, 3.63) is 53.0 Å². The third-order valence-electron chi connectivity index (χ3n) is 3.93. The Labute approximate surface area is 126 Å². The van der Waals surface area contributed by atoms with Crippen LogP contribution in [0.3, 0.4) is 0 Å². The van der Waals surface area contributed by atoms with Gasteiger partial charge in [-0.3, -0.25) is 4.40 Å². The minimum atomic E-state index is 0.715. The lowest BCUT2D eigenvalue weighted by atomic mass is 10.1. The fraction of sp³-hybridized carbons (Fsp3) is 0.118. The van der Waals surface area contributed by atoms with Crippen LogP contribution in [0.5, 0.6) is 0 Å². The van der Waals surface area contributed by atoms with E-state index in [4.69, 9.17) is 10.7 Å². The van der Waals surface area contributed by atoms with Gasteiger partial charge in [-0.2, -0.15) is 0 Å². The molecule has 0 saturated heterocycles. The van der Waals surface area contributed by atoms with Gasteiger partial charge in [-0.15, -0.1) is 11.3 Å². The van der Waals surface area contributed by atoms with E-state index in [-0.39, 0.29) is 0 Å². The molecule has 3 nitrogen and oxygen atoms in total. The van der Waals surface area contributed by atoms with Crippen LogP contribution in [0.2, 0.25) is 0 Å². The highest BCUT2D eigenvalue weighted by molar-refractivity contribution is 7.18. The quantitative estimate of drug-likeness (QED) is 0.564. The third kappa shape index (κ3) is 1.69. The summed E-state index contributed by atoms with van der Waals surface area (Å²) in [6, 6.07) is 12.5. The number of nitrogens with zero attached hydrogens (tertiary/aromatic N) is 2. The van der Waals surface area contributed by atoms with Crippen molar-refractivity contribution in [2.45, 2.75) is 13.8 Å². The van der Waals surface area contributed by atoms with E-state index in [1.165, 1.54) is 15.6 Å². The molecular formula is C17H15N3S. The number of benzene rings is 1. The first-order valence-electron chi connectivity index (χ1n) is 6.87. The molecule has 0 fully saturated rings. The van der Waals surface area contributed by atoms with Crippen LogP contribution in [0.1, 0.15) is 11.3 Å². The maximum Gasteiger partial charge on any atom is 0.157 e. The van der Waals surface area contributed by atoms with E-state index in [0.717, 1.165) is 22.6 Å². The van der Waals surface area contributed by atoms with Gasteiger partial charge in [-0.25, -0.2) is 4.98 Å². The second-order valence-corrected chi connectivity index (χ2v) is 6.23. The smallest absolute Gasteiger partial charge is 0.157 e. The molecule has 4 aromatic rings. The normalized spacial score (nSPS) is 11.5. The number of pyridine rings is 1. The first-order chi connectivity index (χ1) is 10.2. The van der Waals surface area contributed by atoms with Gasteiger partial charge in [0.1, 0.15) is 11.5 Å². The molecule has 0 aliphatic carbocycles. The van der Waals surface area contributed by atoms with Gasteiger partial charge in [0, 0.05) is 11.3 Å². The zero-order valence-corrected chi connectivity index (χ0v) is 12.7. The molecule has 4 heteroatoms. The van der Waals surface area contributed by atoms with Crippen molar-refractivity contribution in [2.24, 2.45) is 0 Å². The Bertz CT molecular complexity index is 978. The van der Waals surface area contributed by atoms with Crippen molar-refractivity contribution in [1.82, 2.24) is 9.38 Å². The predicted octanol–water partition coefficient (Wildman–Crippen LogP) is 4.42. The predicted molar refractivity (Wildman–Crippen MR) is 89.9 cm³/mol. The molecule has 0 atom stereocenters. The number of nitrogen functional groups attached to an aromatic ring is 1. The van der Waals surface area contributed by atoms with Crippen molar-refractivity contribution in [3.8, 4) is 11.3 Å². The molecule has 3 aromatic heterocycles. The molecular weight excluding hydrogens is 278 g/mol. The van der Waals surface area contributed by atoms with Crippen LogP contribution < -0.4 is 5.73 Å². The van der Waals surface area contributed by atoms with Crippen LogP contribution in [-0.4, -0.2) is 9.38 Å². The van der Waals surface area contributed by atoms with Crippen LogP contribution >= 0.6 is 11.3 Å². The lowest BCUT2D eigenvalue weighted by molar-refractivity contribution is 1.12. The van der Waals surface area contributed by atoms with Crippen LogP contribution in [0.25, 0.3) is 27.0 Å².